The summed E-state index contributed by atoms with van der Waals surface area (Å²) in [5, 5.41) is 4.79. The van der Waals surface area contributed by atoms with Crippen LogP contribution in [-0.4, -0.2) is 58.8 Å². The summed E-state index contributed by atoms with van der Waals surface area (Å²) in [5.74, 6) is 0. The lowest BCUT2D eigenvalue weighted by atomic mass is 10.1. The van der Waals surface area contributed by atoms with E-state index in [0.717, 1.165) is 25.9 Å². The second kappa shape index (κ2) is 13.4. The maximum absolute atomic E-state index is 4.79. The fraction of sp³-hybridized carbons (Fsp3) is 0.850. The van der Waals surface area contributed by atoms with Gasteiger partial charge in [-0.05, 0) is 31.9 Å². The van der Waals surface area contributed by atoms with Crippen molar-refractivity contribution in [1.29, 1.82) is 0 Å². The standard InChI is InChI=1S/C16H30N4.2C2H6/c1-5-15-14(4)20(17-16(15)6-2)13-12-19-10-8-18(7-3)9-11-19;2*1-2/h5-13H2,1-4H3;2*1-2H3. The zero-order chi connectivity index (χ0) is 18.5. The number of hydrogen-bond acceptors (Lipinski definition) is 3. The normalized spacial score (nSPS) is 15.3. The van der Waals surface area contributed by atoms with E-state index in [2.05, 4.69) is 42.2 Å². The van der Waals surface area contributed by atoms with Gasteiger partial charge in [-0.3, -0.25) is 9.58 Å². The Morgan fingerprint density at radius 3 is 1.75 bits per heavy atom. The van der Waals surface area contributed by atoms with Crippen LogP contribution in [0.2, 0.25) is 0 Å². The quantitative estimate of drug-likeness (QED) is 0.783. The summed E-state index contributed by atoms with van der Waals surface area (Å²) in [7, 11) is 0. The van der Waals surface area contributed by atoms with Crippen molar-refractivity contribution in [3.63, 3.8) is 0 Å². The van der Waals surface area contributed by atoms with Crippen LogP contribution in [0.15, 0.2) is 0 Å². The molecule has 0 atom stereocenters. The van der Waals surface area contributed by atoms with Crippen LogP contribution in [0.4, 0.5) is 0 Å². The van der Waals surface area contributed by atoms with Crippen LogP contribution in [0.3, 0.4) is 0 Å². The molecule has 142 valence electrons. The number of nitrogens with zero attached hydrogens (tertiary/aromatic N) is 4. The average Bonchev–Trinajstić information content (AvgIpc) is 2.98. The summed E-state index contributed by atoms with van der Waals surface area (Å²) < 4.78 is 2.23. The van der Waals surface area contributed by atoms with Crippen molar-refractivity contribution in [3.05, 3.63) is 17.0 Å². The third kappa shape index (κ3) is 6.56. The van der Waals surface area contributed by atoms with Crippen LogP contribution in [0.25, 0.3) is 0 Å². The van der Waals surface area contributed by atoms with Gasteiger partial charge in [0, 0.05) is 38.4 Å². The van der Waals surface area contributed by atoms with E-state index in [1.807, 2.05) is 27.7 Å². The van der Waals surface area contributed by atoms with Crippen LogP contribution in [-0.2, 0) is 19.4 Å². The Balaban J connectivity index is 0.00000123. The highest BCUT2D eigenvalue weighted by Gasteiger charge is 2.16. The minimum Gasteiger partial charge on any atom is -0.301 e. The molecule has 0 radical (unpaired) electrons. The van der Waals surface area contributed by atoms with Gasteiger partial charge in [0.25, 0.3) is 0 Å². The van der Waals surface area contributed by atoms with E-state index in [1.54, 1.807) is 0 Å². The molecule has 0 spiro atoms. The van der Waals surface area contributed by atoms with Crippen molar-refractivity contribution in [2.75, 3.05) is 39.3 Å². The fourth-order valence-electron chi connectivity index (χ4n) is 3.17. The summed E-state index contributed by atoms with van der Waals surface area (Å²) in [6.07, 6.45) is 2.15. The highest BCUT2D eigenvalue weighted by molar-refractivity contribution is 5.25. The van der Waals surface area contributed by atoms with Crippen LogP contribution in [0, 0.1) is 6.92 Å². The lowest BCUT2D eigenvalue weighted by Crippen LogP contribution is -2.47. The maximum Gasteiger partial charge on any atom is 0.0656 e. The largest absolute Gasteiger partial charge is 0.301 e. The van der Waals surface area contributed by atoms with Gasteiger partial charge in [-0.1, -0.05) is 48.5 Å². The highest BCUT2D eigenvalue weighted by Crippen LogP contribution is 2.15. The Hall–Kier alpha value is -0.870. The van der Waals surface area contributed by atoms with Gasteiger partial charge in [0.1, 0.15) is 0 Å². The van der Waals surface area contributed by atoms with Crippen molar-refractivity contribution in [1.82, 2.24) is 19.6 Å². The molecule has 0 saturated carbocycles. The number of likely N-dealkylation sites (N-methyl/N-ethyl adjacent to an activating group) is 1. The molecule has 4 heteroatoms. The Kier molecular flexibility index (Phi) is 12.9. The van der Waals surface area contributed by atoms with E-state index in [0.29, 0.717) is 0 Å². The first-order valence-corrected chi connectivity index (χ1v) is 10.2. The molecule has 24 heavy (non-hydrogen) atoms. The topological polar surface area (TPSA) is 24.3 Å². The van der Waals surface area contributed by atoms with E-state index in [9.17, 15) is 0 Å². The lowest BCUT2D eigenvalue weighted by Gasteiger charge is -2.33. The van der Waals surface area contributed by atoms with Gasteiger partial charge in [0.2, 0.25) is 0 Å². The summed E-state index contributed by atoms with van der Waals surface area (Å²) in [6, 6.07) is 0. The minimum absolute atomic E-state index is 1.03. The third-order valence-electron chi connectivity index (χ3n) is 4.64. The molecule has 1 aromatic rings. The molecule has 1 fully saturated rings. The van der Waals surface area contributed by atoms with Crippen LogP contribution in [0.1, 0.15) is 65.4 Å². The summed E-state index contributed by atoms with van der Waals surface area (Å²) in [5.41, 5.74) is 4.13. The van der Waals surface area contributed by atoms with Gasteiger partial charge in [-0.25, -0.2) is 0 Å². The molecule has 0 N–H and O–H groups in total. The Labute approximate surface area is 151 Å². The molecule has 1 saturated heterocycles. The molecule has 0 aliphatic carbocycles. The van der Waals surface area contributed by atoms with Crippen LogP contribution < -0.4 is 0 Å². The van der Waals surface area contributed by atoms with E-state index in [4.69, 9.17) is 5.10 Å². The average molecular weight is 339 g/mol. The molecular formula is C20H42N4. The molecule has 2 heterocycles. The maximum atomic E-state index is 4.79. The van der Waals surface area contributed by atoms with E-state index < -0.39 is 0 Å². The van der Waals surface area contributed by atoms with Crippen molar-refractivity contribution in [2.24, 2.45) is 0 Å². The molecule has 0 bridgehead atoms. The molecule has 0 aromatic carbocycles. The van der Waals surface area contributed by atoms with Gasteiger partial charge in [0.05, 0.1) is 12.2 Å². The second-order valence-electron chi connectivity index (χ2n) is 5.72. The number of piperazine rings is 1. The minimum atomic E-state index is 1.03. The Bertz CT molecular complexity index is 418. The van der Waals surface area contributed by atoms with Crippen LogP contribution in [0.5, 0.6) is 0 Å². The Morgan fingerprint density at radius 1 is 0.792 bits per heavy atom. The van der Waals surface area contributed by atoms with Crippen molar-refractivity contribution in [2.45, 2.75) is 74.8 Å². The van der Waals surface area contributed by atoms with Crippen molar-refractivity contribution >= 4 is 0 Å². The first-order chi connectivity index (χ1) is 11.7. The zero-order valence-corrected chi connectivity index (χ0v) is 17.7. The monoisotopic (exact) mass is 338 g/mol. The zero-order valence-electron chi connectivity index (χ0n) is 17.7. The molecule has 1 aromatic heterocycles. The van der Waals surface area contributed by atoms with E-state index in [-0.39, 0.29) is 0 Å². The first kappa shape index (κ1) is 23.1. The third-order valence-corrected chi connectivity index (χ3v) is 4.64. The fourth-order valence-corrected chi connectivity index (χ4v) is 3.17. The summed E-state index contributed by atoms with van der Waals surface area (Å²) >= 11 is 0. The van der Waals surface area contributed by atoms with Gasteiger partial charge < -0.3 is 4.90 Å². The van der Waals surface area contributed by atoms with Crippen molar-refractivity contribution in [3.8, 4) is 0 Å². The number of aryl methyl sites for hydroxylation is 1. The molecule has 0 amide bonds. The second-order valence-corrected chi connectivity index (χ2v) is 5.72. The lowest BCUT2D eigenvalue weighted by molar-refractivity contribution is 0.132. The van der Waals surface area contributed by atoms with Gasteiger partial charge in [0.15, 0.2) is 0 Å². The summed E-state index contributed by atoms with van der Waals surface area (Å²) in [4.78, 5) is 5.10. The molecule has 1 aliphatic heterocycles. The predicted octanol–water partition coefficient (Wildman–Crippen LogP) is 4.01. The summed E-state index contributed by atoms with van der Waals surface area (Å²) in [6.45, 7) is 25.1. The number of hydrogen-bond donors (Lipinski definition) is 0. The molecule has 4 nitrogen and oxygen atoms in total. The predicted molar refractivity (Wildman–Crippen MR) is 107 cm³/mol. The SMILES string of the molecule is CC.CC.CCc1nn(CCN2CCN(CC)CC2)c(C)c1CC. The first-order valence-electron chi connectivity index (χ1n) is 10.2. The molecule has 1 aliphatic rings. The van der Waals surface area contributed by atoms with Gasteiger partial charge >= 0.3 is 0 Å². The smallest absolute Gasteiger partial charge is 0.0656 e. The van der Waals surface area contributed by atoms with Gasteiger partial charge in [-0.15, -0.1) is 0 Å². The van der Waals surface area contributed by atoms with Crippen LogP contribution >= 0.6 is 0 Å². The molecular weight excluding hydrogens is 296 g/mol. The van der Waals surface area contributed by atoms with Crippen molar-refractivity contribution < 1.29 is 0 Å². The van der Waals surface area contributed by atoms with E-state index >= 15 is 0 Å². The number of aromatic nitrogens is 2. The Morgan fingerprint density at radius 2 is 1.33 bits per heavy atom. The molecule has 0 unspecified atom stereocenters. The number of rotatable bonds is 6. The molecule has 2 rings (SSSR count). The van der Waals surface area contributed by atoms with E-state index in [1.165, 1.54) is 49.7 Å². The van der Waals surface area contributed by atoms with Gasteiger partial charge in [-0.2, -0.15) is 5.10 Å². The highest BCUT2D eigenvalue weighted by atomic mass is 15.3.